The van der Waals surface area contributed by atoms with Crippen LogP contribution in [0.3, 0.4) is 0 Å². The highest BCUT2D eigenvalue weighted by Crippen LogP contribution is 2.38. The third-order valence-corrected chi connectivity index (χ3v) is 4.79. The summed E-state index contributed by atoms with van der Waals surface area (Å²) in [7, 11) is 0. The smallest absolute Gasteiger partial charge is 0.337 e. The van der Waals surface area contributed by atoms with Crippen LogP contribution in [0, 0.1) is 11.8 Å². The quantitative estimate of drug-likeness (QED) is 0.346. The monoisotopic (exact) mass is 358 g/mol. The van der Waals surface area contributed by atoms with Crippen LogP contribution >= 0.6 is 0 Å². The van der Waals surface area contributed by atoms with E-state index in [9.17, 15) is 25.2 Å². The van der Waals surface area contributed by atoms with E-state index >= 15 is 0 Å². The summed E-state index contributed by atoms with van der Waals surface area (Å²) in [6.45, 7) is 3.47. The van der Waals surface area contributed by atoms with Gasteiger partial charge in [0.25, 0.3) is 0 Å². The van der Waals surface area contributed by atoms with Crippen LogP contribution in [-0.2, 0) is 23.7 Å². The minimum Gasteiger partial charge on any atom is -0.471 e. The van der Waals surface area contributed by atoms with Crippen molar-refractivity contribution >= 4 is 5.97 Å². The van der Waals surface area contributed by atoms with Crippen LogP contribution in [0.15, 0.2) is 24.5 Å². The fourth-order valence-electron chi connectivity index (χ4n) is 3.34. The molecule has 2 fully saturated rings. The molecule has 25 heavy (non-hydrogen) atoms. The molecular weight excluding hydrogens is 336 g/mol. The fraction of sp³-hybridized carbons (Fsp3) is 0.688. The number of cyclic esters (lactones) is 1. The molecule has 3 heterocycles. The van der Waals surface area contributed by atoms with Crippen molar-refractivity contribution < 1.29 is 44.2 Å². The first-order valence-electron chi connectivity index (χ1n) is 8.09. The Balaban J connectivity index is 1.75. The highest BCUT2D eigenvalue weighted by Gasteiger charge is 2.48. The van der Waals surface area contributed by atoms with Gasteiger partial charge in [-0.1, -0.05) is 6.08 Å². The third kappa shape index (κ3) is 3.31. The minimum atomic E-state index is -1.54. The molecule has 0 saturated carbocycles. The number of carbonyl (C=O) groups excluding carboxylic acids is 1. The van der Waals surface area contributed by atoms with Crippen LogP contribution in [0.4, 0.5) is 0 Å². The molecular formula is C16H22O9. The number of hydrogen-bond acceptors (Lipinski definition) is 9. The average molecular weight is 358 g/mol. The Morgan fingerprint density at radius 2 is 2.00 bits per heavy atom. The van der Waals surface area contributed by atoms with Gasteiger partial charge in [0.15, 0.2) is 6.29 Å². The maximum absolute atomic E-state index is 11.8. The van der Waals surface area contributed by atoms with Crippen molar-refractivity contribution in [1.82, 2.24) is 0 Å². The number of esters is 1. The van der Waals surface area contributed by atoms with Gasteiger partial charge in [0, 0.05) is 11.8 Å². The van der Waals surface area contributed by atoms with Gasteiger partial charge in [-0.05, 0) is 6.42 Å². The SMILES string of the molecule is C=C[C@H]1[C@H](O[C@H]2O[C@@H](CO)[C@H](O)[C@@H](O)[C@@H]2O)OC=C2C(=O)OCC[C@@H]21. The topological polar surface area (TPSA) is 135 Å². The molecule has 140 valence electrons. The number of aliphatic hydroxyl groups is 4. The Hall–Kier alpha value is -1.49. The van der Waals surface area contributed by atoms with Crippen LogP contribution in [0.25, 0.3) is 0 Å². The van der Waals surface area contributed by atoms with Crippen molar-refractivity contribution in [3.63, 3.8) is 0 Å². The van der Waals surface area contributed by atoms with Crippen LogP contribution in [0.2, 0.25) is 0 Å². The Labute approximate surface area is 144 Å². The van der Waals surface area contributed by atoms with Gasteiger partial charge < -0.3 is 39.4 Å². The lowest BCUT2D eigenvalue weighted by Crippen LogP contribution is -2.60. The average Bonchev–Trinajstić information content (AvgIpc) is 2.62. The van der Waals surface area contributed by atoms with E-state index in [2.05, 4.69) is 6.58 Å². The van der Waals surface area contributed by atoms with Gasteiger partial charge in [0.1, 0.15) is 24.4 Å². The zero-order valence-corrected chi connectivity index (χ0v) is 13.4. The van der Waals surface area contributed by atoms with Gasteiger partial charge in [-0.25, -0.2) is 4.79 Å². The predicted octanol–water partition coefficient (Wildman–Crippen LogP) is -1.59. The van der Waals surface area contributed by atoms with Gasteiger partial charge in [-0.3, -0.25) is 0 Å². The summed E-state index contributed by atoms with van der Waals surface area (Å²) in [5, 5.41) is 38.9. The molecule has 0 spiro atoms. The van der Waals surface area contributed by atoms with Crippen molar-refractivity contribution in [3.05, 3.63) is 24.5 Å². The van der Waals surface area contributed by atoms with Crippen LogP contribution < -0.4 is 0 Å². The highest BCUT2D eigenvalue weighted by atomic mass is 16.8. The first-order valence-corrected chi connectivity index (χ1v) is 8.09. The van der Waals surface area contributed by atoms with Gasteiger partial charge in [-0.2, -0.15) is 0 Å². The number of carbonyl (C=O) groups is 1. The lowest BCUT2D eigenvalue weighted by Gasteiger charge is -2.43. The third-order valence-electron chi connectivity index (χ3n) is 4.79. The zero-order chi connectivity index (χ0) is 18.1. The first-order chi connectivity index (χ1) is 12.0. The fourth-order valence-corrected chi connectivity index (χ4v) is 3.34. The summed E-state index contributed by atoms with van der Waals surface area (Å²) in [4.78, 5) is 11.8. The van der Waals surface area contributed by atoms with E-state index < -0.39 is 55.5 Å². The summed E-state index contributed by atoms with van der Waals surface area (Å²) >= 11 is 0. The first kappa shape index (κ1) is 18.3. The molecule has 0 bridgehead atoms. The maximum Gasteiger partial charge on any atom is 0.337 e. The normalized spacial score (nSPS) is 44.2. The number of ether oxygens (including phenoxy) is 4. The van der Waals surface area contributed by atoms with Crippen molar-refractivity contribution in [2.45, 2.75) is 43.4 Å². The van der Waals surface area contributed by atoms with Gasteiger partial charge >= 0.3 is 5.97 Å². The second-order valence-electron chi connectivity index (χ2n) is 6.26. The Morgan fingerprint density at radius 1 is 1.24 bits per heavy atom. The van der Waals surface area contributed by atoms with Crippen LogP contribution in [-0.4, -0.2) is 76.6 Å². The molecule has 0 aromatic carbocycles. The van der Waals surface area contributed by atoms with E-state index in [1.165, 1.54) is 6.26 Å². The molecule has 0 aliphatic carbocycles. The van der Waals surface area contributed by atoms with Gasteiger partial charge in [-0.15, -0.1) is 6.58 Å². The zero-order valence-electron chi connectivity index (χ0n) is 13.4. The van der Waals surface area contributed by atoms with Crippen molar-refractivity contribution in [2.24, 2.45) is 11.8 Å². The molecule has 3 rings (SSSR count). The Morgan fingerprint density at radius 3 is 2.68 bits per heavy atom. The van der Waals surface area contributed by atoms with Crippen molar-refractivity contribution in [3.8, 4) is 0 Å². The lowest BCUT2D eigenvalue weighted by molar-refractivity contribution is -0.339. The van der Waals surface area contributed by atoms with E-state index in [1.807, 2.05) is 0 Å². The maximum atomic E-state index is 11.8. The number of fused-ring (bicyclic) bond motifs is 1. The molecule has 8 atom stereocenters. The molecule has 0 aromatic heterocycles. The largest absolute Gasteiger partial charge is 0.471 e. The molecule has 2 saturated heterocycles. The standard InChI is InChI=1S/C16H22O9/c1-2-7-8-3-4-22-14(21)9(8)6-23-15(7)25-16-13(20)12(19)11(18)10(5-17)24-16/h2,6-8,10-13,15-20H,1,3-5H2/t7-,8-,10+,11+,12-,13+,15+,16-/m1/s1. The van der Waals surface area contributed by atoms with Gasteiger partial charge in [0.05, 0.1) is 25.0 Å². The number of aliphatic hydroxyl groups excluding tert-OH is 4. The van der Waals surface area contributed by atoms with E-state index in [0.717, 1.165) is 0 Å². The lowest BCUT2D eigenvalue weighted by atomic mass is 9.81. The summed E-state index contributed by atoms with van der Waals surface area (Å²) in [5.74, 6) is -1.06. The molecule has 0 unspecified atom stereocenters. The number of rotatable bonds is 4. The Kier molecular flexibility index (Phi) is 5.42. The van der Waals surface area contributed by atoms with Crippen LogP contribution in [0.1, 0.15) is 6.42 Å². The van der Waals surface area contributed by atoms with E-state index in [1.54, 1.807) is 6.08 Å². The summed E-state index contributed by atoms with van der Waals surface area (Å²) in [6.07, 6.45) is -4.44. The van der Waals surface area contributed by atoms with Crippen LogP contribution in [0.5, 0.6) is 0 Å². The van der Waals surface area contributed by atoms with E-state index in [4.69, 9.17) is 18.9 Å². The highest BCUT2D eigenvalue weighted by molar-refractivity contribution is 5.89. The molecule has 3 aliphatic rings. The number of hydrogen-bond donors (Lipinski definition) is 4. The summed E-state index contributed by atoms with van der Waals surface area (Å²) < 4.78 is 21.4. The second-order valence-corrected chi connectivity index (χ2v) is 6.26. The molecule has 3 aliphatic heterocycles. The molecule has 0 radical (unpaired) electrons. The molecule has 0 aromatic rings. The van der Waals surface area contributed by atoms with E-state index in [-0.39, 0.29) is 12.5 Å². The predicted molar refractivity (Wildman–Crippen MR) is 80.6 cm³/mol. The second kappa shape index (κ2) is 7.40. The summed E-state index contributed by atoms with van der Waals surface area (Å²) in [5.41, 5.74) is 0.393. The Bertz CT molecular complexity index is 546. The van der Waals surface area contributed by atoms with E-state index in [0.29, 0.717) is 12.0 Å². The van der Waals surface area contributed by atoms with Crippen molar-refractivity contribution in [1.29, 1.82) is 0 Å². The van der Waals surface area contributed by atoms with Gasteiger partial charge in [0.2, 0.25) is 6.29 Å². The molecule has 4 N–H and O–H groups in total. The molecule has 0 amide bonds. The van der Waals surface area contributed by atoms with Crippen molar-refractivity contribution in [2.75, 3.05) is 13.2 Å². The minimum absolute atomic E-state index is 0.206. The molecule has 9 heteroatoms. The summed E-state index contributed by atoms with van der Waals surface area (Å²) in [6, 6.07) is 0. The molecule has 9 nitrogen and oxygen atoms in total.